The second kappa shape index (κ2) is 10.6. The predicted molar refractivity (Wildman–Crippen MR) is 128 cm³/mol. The molecule has 4 rings (SSSR count). The van der Waals surface area contributed by atoms with Gasteiger partial charge in [0.15, 0.2) is 0 Å². The van der Waals surface area contributed by atoms with E-state index in [0.717, 1.165) is 41.2 Å². The summed E-state index contributed by atoms with van der Waals surface area (Å²) in [5.74, 6) is -0.00182. The Morgan fingerprint density at radius 1 is 1.12 bits per heavy atom. The molecular weight excluding hydrogens is 418 g/mol. The Bertz CT molecular complexity index is 1050. The first kappa shape index (κ1) is 22.2. The molecule has 1 aliphatic heterocycles. The average molecular weight is 448 g/mol. The first-order valence-electron chi connectivity index (χ1n) is 11.2. The number of rotatable bonds is 7. The minimum absolute atomic E-state index is 0.0381. The maximum absolute atomic E-state index is 12.7. The molecule has 0 aliphatic carbocycles. The minimum Gasteiger partial charge on any atom is -0.355 e. The van der Waals surface area contributed by atoms with Crippen molar-refractivity contribution in [2.24, 2.45) is 5.92 Å². The van der Waals surface area contributed by atoms with Crippen LogP contribution in [0, 0.1) is 12.8 Å². The van der Waals surface area contributed by atoms with E-state index in [1.54, 1.807) is 11.3 Å². The number of amides is 2. The fourth-order valence-electron chi connectivity index (χ4n) is 4.01. The van der Waals surface area contributed by atoms with Gasteiger partial charge >= 0.3 is 0 Å². The average Bonchev–Trinajstić information content (AvgIpc) is 3.29. The van der Waals surface area contributed by atoms with E-state index in [1.165, 1.54) is 5.56 Å². The molecule has 0 unspecified atom stereocenters. The van der Waals surface area contributed by atoms with Crippen LogP contribution in [0.5, 0.6) is 0 Å². The van der Waals surface area contributed by atoms with Crippen molar-refractivity contribution in [2.75, 3.05) is 19.6 Å². The van der Waals surface area contributed by atoms with Gasteiger partial charge in [0.05, 0.1) is 18.0 Å². The molecule has 5 nitrogen and oxygen atoms in total. The summed E-state index contributed by atoms with van der Waals surface area (Å²) in [4.78, 5) is 31.9. The smallest absolute Gasteiger partial charge is 0.227 e. The van der Waals surface area contributed by atoms with E-state index in [1.807, 2.05) is 35.2 Å². The van der Waals surface area contributed by atoms with Crippen molar-refractivity contribution in [1.82, 2.24) is 15.2 Å². The van der Waals surface area contributed by atoms with Gasteiger partial charge in [-0.2, -0.15) is 0 Å². The third-order valence-electron chi connectivity index (χ3n) is 5.87. The van der Waals surface area contributed by atoms with Crippen LogP contribution in [0.2, 0.25) is 0 Å². The maximum atomic E-state index is 12.7. The monoisotopic (exact) mass is 447 g/mol. The lowest BCUT2D eigenvalue weighted by atomic mass is 9.96. The molecule has 0 spiro atoms. The normalized spacial score (nSPS) is 16.0. The summed E-state index contributed by atoms with van der Waals surface area (Å²) in [6.45, 7) is 3.87. The van der Waals surface area contributed by atoms with Crippen LogP contribution in [0.3, 0.4) is 0 Å². The zero-order valence-electron chi connectivity index (χ0n) is 18.4. The Kier molecular flexibility index (Phi) is 7.32. The van der Waals surface area contributed by atoms with Crippen molar-refractivity contribution < 1.29 is 9.59 Å². The summed E-state index contributed by atoms with van der Waals surface area (Å²) in [5.41, 5.74) is 4.36. The summed E-state index contributed by atoms with van der Waals surface area (Å²) in [6, 6.07) is 18.1. The van der Waals surface area contributed by atoms with E-state index in [2.05, 4.69) is 41.9 Å². The van der Waals surface area contributed by atoms with E-state index >= 15 is 0 Å². The third-order valence-corrected chi connectivity index (χ3v) is 6.81. The highest BCUT2D eigenvalue weighted by Gasteiger charge is 2.28. The molecule has 1 fully saturated rings. The lowest BCUT2D eigenvalue weighted by Gasteiger charge is -2.32. The molecule has 3 aromatic rings. The number of hydrogen-bond donors (Lipinski definition) is 1. The number of likely N-dealkylation sites (tertiary alicyclic amines) is 1. The summed E-state index contributed by atoms with van der Waals surface area (Å²) in [6.07, 6.45) is 2.79. The molecule has 1 atom stereocenters. The van der Waals surface area contributed by atoms with Gasteiger partial charge in [0.1, 0.15) is 5.01 Å². The van der Waals surface area contributed by atoms with Gasteiger partial charge in [0, 0.05) is 37.0 Å². The first-order chi connectivity index (χ1) is 15.6. The molecule has 2 amide bonds. The standard InChI is InChI=1S/C26H29N3O2S/c1-19-9-11-21(12-10-19)26-28-23(18-32-26)13-14-27-25(31)22-8-5-15-29(17-22)24(30)16-20-6-3-2-4-7-20/h2-4,6-7,9-12,18,22H,5,8,13-17H2,1H3,(H,27,31)/t22-/m0/s1. The minimum atomic E-state index is -0.137. The Hall–Kier alpha value is -2.99. The topological polar surface area (TPSA) is 62.3 Å². The zero-order valence-corrected chi connectivity index (χ0v) is 19.2. The predicted octanol–water partition coefficient (Wildman–Crippen LogP) is 4.26. The Morgan fingerprint density at radius 3 is 2.69 bits per heavy atom. The SMILES string of the molecule is Cc1ccc(-c2nc(CCNC(=O)[C@H]3CCCN(C(=O)Cc4ccccc4)C3)cs2)cc1. The van der Waals surface area contributed by atoms with Gasteiger partial charge in [-0.15, -0.1) is 11.3 Å². The fraction of sp³-hybridized carbons (Fsp3) is 0.346. The quantitative estimate of drug-likeness (QED) is 0.589. The number of piperidine rings is 1. The van der Waals surface area contributed by atoms with Crippen molar-refractivity contribution >= 4 is 23.2 Å². The molecule has 0 radical (unpaired) electrons. The van der Waals surface area contributed by atoms with Crippen LogP contribution in [-0.4, -0.2) is 41.3 Å². The van der Waals surface area contributed by atoms with E-state index in [4.69, 9.17) is 4.98 Å². The molecule has 1 aromatic heterocycles. The van der Waals surface area contributed by atoms with Crippen LogP contribution in [0.15, 0.2) is 60.0 Å². The second-order valence-corrected chi connectivity index (χ2v) is 9.25. The Balaban J connectivity index is 1.24. The highest BCUT2D eigenvalue weighted by molar-refractivity contribution is 7.13. The van der Waals surface area contributed by atoms with Gasteiger partial charge < -0.3 is 10.2 Å². The molecule has 32 heavy (non-hydrogen) atoms. The number of hydrogen-bond acceptors (Lipinski definition) is 4. The van der Waals surface area contributed by atoms with Crippen molar-refractivity contribution in [3.8, 4) is 10.6 Å². The van der Waals surface area contributed by atoms with E-state index in [-0.39, 0.29) is 17.7 Å². The number of thiazole rings is 1. The zero-order chi connectivity index (χ0) is 22.3. The number of aromatic nitrogens is 1. The molecule has 0 saturated carbocycles. The molecule has 2 aromatic carbocycles. The molecular formula is C26H29N3O2S. The van der Waals surface area contributed by atoms with Crippen LogP contribution in [0.4, 0.5) is 0 Å². The number of aryl methyl sites for hydroxylation is 1. The first-order valence-corrected chi connectivity index (χ1v) is 12.1. The molecule has 0 bridgehead atoms. The molecule has 1 saturated heterocycles. The van der Waals surface area contributed by atoms with E-state index < -0.39 is 0 Å². The van der Waals surface area contributed by atoms with E-state index in [0.29, 0.717) is 25.9 Å². The van der Waals surface area contributed by atoms with Crippen molar-refractivity contribution in [3.05, 3.63) is 76.8 Å². The molecule has 1 aliphatic rings. The molecule has 6 heteroatoms. The summed E-state index contributed by atoms with van der Waals surface area (Å²) < 4.78 is 0. The fourth-order valence-corrected chi connectivity index (χ4v) is 4.87. The van der Waals surface area contributed by atoms with Gasteiger partial charge in [-0.3, -0.25) is 9.59 Å². The van der Waals surface area contributed by atoms with Gasteiger partial charge in [0.25, 0.3) is 0 Å². The molecule has 166 valence electrons. The lowest BCUT2D eigenvalue weighted by Crippen LogP contribution is -2.46. The maximum Gasteiger partial charge on any atom is 0.227 e. The second-order valence-electron chi connectivity index (χ2n) is 8.39. The van der Waals surface area contributed by atoms with Crippen LogP contribution in [0.25, 0.3) is 10.6 Å². The highest BCUT2D eigenvalue weighted by Crippen LogP contribution is 2.24. The summed E-state index contributed by atoms with van der Waals surface area (Å²) in [7, 11) is 0. The van der Waals surface area contributed by atoms with Gasteiger partial charge in [0.2, 0.25) is 11.8 Å². The van der Waals surface area contributed by atoms with Gasteiger partial charge in [-0.05, 0) is 25.3 Å². The number of nitrogens with one attached hydrogen (secondary N) is 1. The summed E-state index contributed by atoms with van der Waals surface area (Å²) >= 11 is 1.63. The van der Waals surface area contributed by atoms with Gasteiger partial charge in [-0.1, -0.05) is 60.2 Å². The van der Waals surface area contributed by atoms with Crippen LogP contribution < -0.4 is 5.32 Å². The largest absolute Gasteiger partial charge is 0.355 e. The number of nitrogens with zero attached hydrogens (tertiary/aromatic N) is 2. The van der Waals surface area contributed by atoms with Crippen LogP contribution >= 0.6 is 11.3 Å². The third kappa shape index (κ3) is 5.82. The van der Waals surface area contributed by atoms with Crippen LogP contribution in [-0.2, 0) is 22.4 Å². The van der Waals surface area contributed by atoms with Crippen molar-refractivity contribution in [1.29, 1.82) is 0 Å². The molecule has 2 heterocycles. The number of carbonyl (C=O) groups excluding carboxylic acids is 2. The van der Waals surface area contributed by atoms with Crippen molar-refractivity contribution in [2.45, 2.75) is 32.6 Å². The summed E-state index contributed by atoms with van der Waals surface area (Å²) in [5, 5.41) is 6.12. The van der Waals surface area contributed by atoms with Crippen molar-refractivity contribution in [3.63, 3.8) is 0 Å². The van der Waals surface area contributed by atoms with Gasteiger partial charge in [-0.25, -0.2) is 4.98 Å². The Labute approximate surface area is 193 Å². The lowest BCUT2D eigenvalue weighted by molar-refractivity contribution is -0.135. The number of benzene rings is 2. The van der Waals surface area contributed by atoms with Crippen LogP contribution in [0.1, 0.15) is 29.7 Å². The molecule has 1 N–H and O–H groups in total. The number of carbonyl (C=O) groups is 2. The highest BCUT2D eigenvalue weighted by atomic mass is 32.1. The Morgan fingerprint density at radius 2 is 1.91 bits per heavy atom. The van der Waals surface area contributed by atoms with E-state index in [9.17, 15) is 9.59 Å².